The molecule has 3 aromatic carbocycles. The molecule has 0 fully saturated rings. The van der Waals surface area contributed by atoms with E-state index in [0.717, 1.165) is 11.1 Å². The van der Waals surface area contributed by atoms with E-state index in [1.165, 1.54) is 24.3 Å². The highest BCUT2D eigenvalue weighted by Crippen LogP contribution is 2.34. The Bertz CT molecular complexity index is 1560. The van der Waals surface area contributed by atoms with Gasteiger partial charge >= 0.3 is 0 Å². The van der Waals surface area contributed by atoms with Crippen LogP contribution in [0.3, 0.4) is 0 Å². The van der Waals surface area contributed by atoms with Gasteiger partial charge in [-0.05, 0) is 66.1 Å². The van der Waals surface area contributed by atoms with Crippen molar-refractivity contribution in [2.45, 2.75) is 13.0 Å². The van der Waals surface area contributed by atoms with Gasteiger partial charge in [0.25, 0.3) is 17.5 Å². The van der Waals surface area contributed by atoms with Crippen LogP contribution in [0.5, 0.6) is 11.5 Å². The van der Waals surface area contributed by atoms with Crippen molar-refractivity contribution in [2.75, 3.05) is 26.1 Å². The van der Waals surface area contributed by atoms with E-state index in [2.05, 4.69) is 5.32 Å². The van der Waals surface area contributed by atoms with E-state index in [1.807, 2.05) is 12.1 Å². The number of rotatable bonds is 7. The summed E-state index contributed by atoms with van der Waals surface area (Å²) in [5, 5.41) is 13.7. The monoisotopic (exact) mass is 527 g/mol. The first-order valence-electron chi connectivity index (χ1n) is 12.2. The van der Waals surface area contributed by atoms with Gasteiger partial charge in [0.1, 0.15) is 5.76 Å². The molecular formula is C29H25N3O7. The number of hydrogen-bond acceptors (Lipinski definition) is 7. The van der Waals surface area contributed by atoms with Gasteiger partial charge in [0.05, 0.1) is 24.8 Å². The third-order valence-corrected chi connectivity index (χ3v) is 6.60. The molecule has 2 heterocycles. The number of amides is 2. The van der Waals surface area contributed by atoms with Gasteiger partial charge in [-0.25, -0.2) is 0 Å². The number of nitrogens with zero attached hydrogens (tertiary/aromatic N) is 2. The lowest BCUT2D eigenvalue weighted by atomic mass is 9.98. The van der Waals surface area contributed by atoms with E-state index >= 15 is 0 Å². The predicted octanol–water partition coefficient (Wildman–Crippen LogP) is 5.32. The van der Waals surface area contributed by atoms with Gasteiger partial charge < -0.3 is 24.1 Å². The molecule has 0 bridgehead atoms. The number of anilines is 1. The fourth-order valence-corrected chi connectivity index (χ4v) is 4.55. The Morgan fingerprint density at radius 3 is 2.33 bits per heavy atom. The maximum absolute atomic E-state index is 13.3. The average Bonchev–Trinajstić information content (AvgIpc) is 3.46. The highest BCUT2D eigenvalue weighted by molar-refractivity contribution is 6.06. The Kier molecular flexibility index (Phi) is 7.00. The molecule has 0 spiro atoms. The van der Waals surface area contributed by atoms with Crippen LogP contribution in [0.15, 0.2) is 77.2 Å². The third-order valence-electron chi connectivity index (χ3n) is 6.60. The van der Waals surface area contributed by atoms with Crippen LogP contribution in [0.4, 0.5) is 11.4 Å². The molecule has 1 N–H and O–H groups in total. The smallest absolute Gasteiger partial charge is 0.289 e. The Hall–Kier alpha value is -5.12. The highest BCUT2D eigenvalue weighted by atomic mass is 16.6. The van der Waals surface area contributed by atoms with Crippen LogP contribution in [-0.2, 0) is 13.0 Å². The number of ether oxygens (including phenoxy) is 2. The summed E-state index contributed by atoms with van der Waals surface area (Å²) >= 11 is 0. The van der Waals surface area contributed by atoms with E-state index in [0.29, 0.717) is 48.0 Å². The Balaban J connectivity index is 1.33. The molecule has 1 aromatic heterocycles. The summed E-state index contributed by atoms with van der Waals surface area (Å²) in [6.07, 6.45) is 0.673. The molecule has 4 aromatic rings. The minimum absolute atomic E-state index is 0.101. The number of hydrogen-bond donors (Lipinski definition) is 1. The zero-order chi connectivity index (χ0) is 27.5. The Morgan fingerprint density at radius 1 is 0.949 bits per heavy atom. The molecule has 0 unspecified atom stereocenters. The van der Waals surface area contributed by atoms with Crippen molar-refractivity contribution < 1.29 is 28.4 Å². The van der Waals surface area contributed by atoms with E-state index in [-0.39, 0.29) is 22.9 Å². The molecule has 0 atom stereocenters. The number of carbonyl (C=O) groups is 2. The van der Waals surface area contributed by atoms with Gasteiger partial charge in [-0.1, -0.05) is 12.1 Å². The number of fused-ring (bicyclic) bond motifs is 1. The first-order valence-corrected chi connectivity index (χ1v) is 12.2. The number of carbonyl (C=O) groups excluding carboxylic acids is 2. The minimum Gasteiger partial charge on any atom is -0.493 e. The Labute approximate surface area is 223 Å². The number of nitro benzene ring substituents is 1. The van der Waals surface area contributed by atoms with Crippen LogP contribution in [0, 0.1) is 10.1 Å². The molecule has 39 heavy (non-hydrogen) atoms. The standard InChI is InChI=1S/C29H25N3O7/c1-37-26-15-19-13-14-31(17-20(19)16-27(26)38-2)29(34)25-12-11-24(39-25)22-5-3-4-6-23(22)30-28(33)18-7-9-21(10-8-18)32(35)36/h3-12,15-16H,13-14,17H2,1-2H3,(H,30,33). The van der Waals surface area contributed by atoms with E-state index in [4.69, 9.17) is 13.9 Å². The number of benzene rings is 3. The van der Waals surface area contributed by atoms with Crippen molar-refractivity contribution in [2.24, 2.45) is 0 Å². The van der Waals surface area contributed by atoms with Crippen LogP contribution in [0.2, 0.25) is 0 Å². The predicted molar refractivity (Wildman–Crippen MR) is 143 cm³/mol. The fraction of sp³-hybridized carbons (Fsp3) is 0.172. The maximum Gasteiger partial charge on any atom is 0.289 e. The summed E-state index contributed by atoms with van der Waals surface area (Å²) in [4.78, 5) is 38.2. The summed E-state index contributed by atoms with van der Waals surface area (Å²) in [6, 6.07) is 19.5. The summed E-state index contributed by atoms with van der Waals surface area (Å²) < 4.78 is 16.8. The minimum atomic E-state index is -0.524. The van der Waals surface area contributed by atoms with Gasteiger partial charge in [0.2, 0.25) is 0 Å². The molecule has 1 aliphatic rings. The van der Waals surface area contributed by atoms with Crippen LogP contribution in [0.1, 0.15) is 32.0 Å². The average molecular weight is 528 g/mol. The summed E-state index contributed by atoms with van der Waals surface area (Å²) in [7, 11) is 3.17. The van der Waals surface area contributed by atoms with E-state index in [9.17, 15) is 19.7 Å². The van der Waals surface area contributed by atoms with Gasteiger partial charge in [-0.3, -0.25) is 19.7 Å². The molecule has 10 heteroatoms. The highest BCUT2D eigenvalue weighted by Gasteiger charge is 2.26. The topological polar surface area (TPSA) is 124 Å². The van der Waals surface area contributed by atoms with Crippen molar-refractivity contribution in [1.29, 1.82) is 0 Å². The number of non-ortho nitro benzene ring substituents is 1. The molecular weight excluding hydrogens is 502 g/mol. The quantitative estimate of drug-likeness (QED) is 0.255. The molecule has 2 amide bonds. The lowest BCUT2D eigenvalue weighted by Crippen LogP contribution is -2.35. The summed E-state index contributed by atoms with van der Waals surface area (Å²) in [5.41, 5.74) is 3.32. The number of para-hydroxylation sites is 1. The number of furan rings is 1. The van der Waals surface area contributed by atoms with Crippen LogP contribution < -0.4 is 14.8 Å². The molecule has 0 saturated carbocycles. The number of methoxy groups -OCH3 is 2. The van der Waals surface area contributed by atoms with Crippen molar-refractivity contribution in [3.63, 3.8) is 0 Å². The largest absolute Gasteiger partial charge is 0.493 e. The second-order valence-electron chi connectivity index (χ2n) is 8.92. The lowest BCUT2D eigenvalue weighted by molar-refractivity contribution is -0.384. The van der Waals surface area contributed by atoms with Gasteiger partial charge in [-0.2, -0.15) is 0 Å². The third kappa shape index (κ3) is 5.17. The first-order chi connectivity index (χ1) is 18.9. The molecule has 5 rings (SSSR count). The fourth-order valence-electron chi connectivity index (χ4n) is 4.55. The normalized spacial score (nSPS) is 12.4. The van der Waals surface area contributed by atoms with Crippen LogP contribution in [0.25, 0.3) is 11.3 Å². The molecule has 198 valence electrons. The van der Waals surface area contributed by atoms with Crippen molar-refractivity contribution >= 4 is 23.2 Å². The van der Waals surface area contributed by atoms with E-state index in [1.54, 1.807) is 55.5 Å². The van der Waals surface area contributed by atoms with Crippen molar-refractivity contribution in [3.8, 4) is 22.8 Å². The van der Waals surface area contributed by atoms with Crippen molar-refractivity contribution in [1.82, 2.24) is 4.90 Å². The zero-order valence-corrected chi connectivity index (χ0v) is 21.3. The second-order valence-corrected chi connectivity index (χ2v) is 8.92. The molecule has 10 nitrogen and oxygen atoms in total. The Morgan fingerprint density at radius 2 is 1.64 bits per heavy atom. The van der Waals surface area contributed by atoms with Gasteiger partial charge in [0, 0.05) is 36.3 Å². The molecule has 1 aliphatic heterocycles. The maximum atomic E-state index is 13.3. The molecule has 0 radical (unpaired) electrons. The second kappa shape index (κ2) is 10.7. The first kappa shape index (κ1) is 25.5. The zero-order valence-electron chi connectivity index (χ0n) is 21.3. The lowest BCUT2D eigenvalue weighted by Gasteiger charge is -2.29. The number of nitrogens with one attached hydrogen (secondary N) is 1. The van der Waals surface area contributed by atoms with E-state index < -0.39 is 10.8 Å². The SMILES string of the molecule is COc1cc2c(cc1OC)CN(C(=O)c1ccc(-c3ccccc3NC(=O)c3ccc([N+](=O)[O-])cc3)o1)CC2. The van der Waals surface area contributed by atoms with Crippen LogP contribution in [-0.4, -0.2) is 42.4 Å². The van der Waals surface area contributed by atoms with Crippen LogP contribution >= 0.6 is 0 Å². The van der Waals surface area contributed by atoms with Gasteiger partial charge in [0.15, 0.2) is 17.3 Å². The molecule has 0 saturated heterocycles. The van der Waals surface area contributed by atoms with Crippen molar-refractivity contribution in [3.05, 3.63) is 105 Å². The summed E-state index contributed by atoms with van der Waals surface area (Å²) in [5.74, 6) is 1.20. The van der Waals surface area contributed by atoms with Gasteiger partial charge in [-0.15, -0.1) is 0 Å². The summed E-state index contributed by atoms with van der Waals surface area (Å²) in [6.45, 7) is 0.936. The molecule has 0 aliphatic carbocycles. The number of nitro groups is 1.